The van der Waals surface area contributed by atoms with E-state index in [2.05, 4.69) is 49.4 Å². The fourth-order valence-corrected chi connectivity index (χ4v) is 3.47. The van der Waals surface area contributed by atoms with Crippen molar-refractivity contribution in [3.8, 4) is 0 Å². The normalized spacial score (nSPS) is 15.0. The molecule has 1 aromatic carbocycles. The Balaban J connectivity index is 2.06. The molecule has 1 N–H and O–H groups in total. The number of benzene rings is 1. The van der Waals surface area contributed by atoms with Crippen molar-refractivity contribution in [2.75, 3.05) is 0 Å². The quantitative estimate of drug-likeness (QED) is 0.943. The van der Waals surface area contributed by atoms with E-state index in [0.717, 1.165) is 13.1 Å². The zero-order valence-electron chi connectivity index (χ0n) is 13.8. The van der Waals surface area contributed by atoms with Crippen molar-refractivity contribution in [1.82, 2.24) is 9.47 Å². The second-order valence-corrected chi connectivity index (χ2v) is 6.65. The minimum absolute atomic E-state index is 0.190. The number of rotatable bonds is 4. The Hall–Kier alpha value is -1.81. The first-order valence-electron chi connectivity index (χ1n) is 7.94. The monoisotopic (exact) mass is 300 g/mol. The number of fused-ring (bicyclic) bond motifs is 2. The number of carboxylic acids is 1. The third kappa shape index (κ3) is 2.41. The maximum Gasteiger partial charge on any atom is 0.303 e. The van der Waals surface area contributed by atoms with Crippen LogP contribution in [0.5, 0.6) is 0 Å². The topological polar surface area (TPSA) is 45.5 Å². The summed E-state index contributed by atoms with van der Waals surface area (Å²) < 4.78 is 2.20. The van der Waals surface area contributed by atoms with Crippen molar-refractivity contribution in [3.05, 3.63) is 34.5 Å². The maximum absolute atomic E-state index is 10.9. The van der Waals surface area contributed by atoms with Gasteiger partial charge < -0.3 is 9.67 Å². The zero-order chi connectivity index (χ0) is 16.0. The van der Waals surface area contributed by atoms with Gasteiger partial charge in [-0.25, -0.2) is 0 Å². The first kappa shape index (κ1) is 15.1. The van der Waals surface area contributed by atoms with E-state index in [9.17, 15) is 4.79 Å². The Labute approximate surface area is 131 Å². The van der Waals surface area contributed by atoms with Crippen LogP contribution in [0.15, 0.2) is 12.1 Å². The average molecular weight is 300 g/mol. The number of carboxylic acid groups (broad SMARTS) is 1. The maximum atomic E-state index is 10.9. The van der Waals surface area contributed by atoms with Gasteiger partial charge in [0.15, 0.2) is 0 Å². The molecule has 0 saturated carbocycles. The van der Waals surface area contributed by atoms with Gasteiger partial charge in [-0.15, -0.1) is 0 Å². The van der Waals surface area contributed by atoms with E-state index in [0.29, 0.717) is 12.5 Å². The van der Waals surface area contributed by atoms with E-state index in [1.165, 1.54) is 33.3 Å². The van der Waals surface area contributed by atoms with Gasteiger partial charge in [0.1, 0.15) is 0 Å². The van der Waals surface area contributed by atoms with Gasteiger partial charge in [-0.3, -0.25) is 9.69 Å². The van der Waals surface area contributed by atoms with E-state index in [1.807, 2.05) is 0 Å². The fraction of sp³-hybridized carbons (Fsp3) is 0.500. The zero-order valence-corrected chi connectivity index (χ0v) is 13.8. The summed E-state index contributed by atoms with van der Waals surface area (Å²) in [7, 11) is 2.07. The van der Waals surface area contributed by atoms with E-state index >= 15 is 0 Å². The molecule has 0 aliphatic carbocycles. The lowest BCUT2D eigenvalue weighted by Crippen LogP contribution is -2.24. The van der Waals surface area contributed by atoms with Gasteiger partial charge in [0.2, 0.25) is 0 Å². The second kappa shape index (κ2) is 5.43. The van der Waals surface area contributed by atoms with Crippen LogP contribution in [0.4, 0.5) is 0 Å². The lowest BCUT2D eigenvalue weighted by molar-refractivity contribution is -0.136. The highest BCUT2D eigenvalue weighted by Gasteiger charge is 2.23. The van der Waals surface area contributed by atoms with Gasteiger partial charge in [0.25, 0.3) is 0 Å². The lowest BCUT2D eigenvalue weighted by atomic mass is 10.0. The smallest absolute Gasteiger partial charge is 0.303 e. The predicted octanol–water partition coefficient (Wildman–Crippen LogP) is 3.23. The highest BCUT2D eigenvalue weighted by Crippen LogP contribution is 2.33. The van der Waals surface area contributed by atoms with Crippen LogP contribution in [0.1, 0.15) is 42.7 Å². The summed E-state index contributed by atoms with van der Waals surface area (Å²) in [5.74, 6) is -0.733. The SMILES string of the molecule is Cc1c(CCC(=O)O)c2cc3c(cc2n1C)CN(C(C)C)C3. The lowest BCUT2D eigenvalue weighted by Gasteiger charge is -2.18. The molecule has 0 radical (unpaired) electrons. The van der Waals surface area contributed by atoms with Crippen molar-refractivity contribution in [2.24, 2.45) is 7.05 Å². The number of hydrogen-bond acceptors (Lipinski definition) is 2. The minimum atomic E-state index is -0.733. The molecule has 118 valence electrons. The molecule has 0 amide bonds. The molecule has 1 aromatic heterocycles. The van der Waals surface area contributed by atoms with Crippen LogP contribution in [-0.4, -0.2) is 26.6 Å². The van der Waals surface area contributed by atoms with Gasteiger partial charge in [0.05, 0.1) is 0 Å². The molecule has 0 spiro atoms. The van der Waals surface area contributed by atoms with Crippen LogP contribution in [0.3, 0.4) is 0 Å². The van der Waals surface area contributed by atoms with Gasteiger partial charge in [-0.2, -0.15) is 0 Å². The summed E-state index contributed by atoms with van der Waals surface area (Å²) in [6.07, 6.45) is 0.792. The molecule has 4 heteroatoms. The largest absolute Gasteiger partial charge is 0.481 e. The first-order valence-corrected chi connectivity index (χ1v) is 7.94. The standard InChI is InChI=1S/C18H24N2O2/c1-11(2)20-9-13-7-16-15(5-6-18(21)22)12(3)19(4)17(16)8-14(13)10-20/h7-8,11H,5-6,9-10H2,1-4H3,(H,21,22). The summed E-state index contributed by atoms with van der Waals surface area (Å²) in [5, 5.41) is 10.2. The molecule has 2 heterocycles. The highest BCUT2D eigenvalue weighted by molar-refractivity contribution is 5.87. The molecule has 2 aromatic rings. The molecule has 0 bridgehead atoms. The van der Waals surface area contributed by atoms with E-state index in [1.54, 1.807) is 0 Å². The molecule has 22 heavy (non-hydrogen) atoms. The number of aliphatic carboxylic acids is 1. The van der Waals surface area contributed by atoms with Crippen LogP contribution in [0.2, 0.25) is 0 Å². The minimum Gasteiger partial charge on any atom is -0.481 e. The molecule has 0 unspecified atom stereocenters. The van der Waals surface area contributed by atoms with Gasteiger partial charge in [0, 0.05) is 49.2 Å². The Kier molecular flexibility index (Phi) is 3.73. The molecule has 3 rings (SSSR count). The molecule has 0 saturated heterocycles. The summed E-state index contributed by atoms with van der Waals surface area (Å²) >= 11 is 0. The number of aromatic nitrogens is 1. The van der Waals surface area contributed by atoms with Gasteiger partial charge in [-0.1, -0.05) is 0 Å². The number of carbonyl (C=O) groups is 1. The number of aryl methyl sites for hydroxylation is 2. The van der Waals surface area contributed by atoms with Crippen molar-refractivity contribution < 1.29 is 9.90 Å². The number of hydrogen-bond donors (Lipinski definition) is 1. The molecule has 0 atom stereocenters. The molecular formula is C18H24N2O2. The van der Waals surface area contributed by atoms with Crippen molar-refractivity contribution in [2.45, 2.75) is 52.7 Å². The van der Waals surface area contributed by atoms with Crippen molar-refractivity contribution >= 4 is 16.9 Å². The molecule has 0 fully saturated rings. The summed E-state index contributed by atoms with van der Waals surface area (Å²) in [4.78, 5) is 13.4. The Morgan fingerprint density at radius 3 is 2.50 bits per heavy atom. The van der Waals surface area contributed by atoms with Crippen molar-refractivity contribution in [1.29, 1.82) is 0 Å². The fourth-order valence-electron chi connectivity index (χ4n) is 3.47. The number of nitrogens with zero attached hydrogens (tertiary/aromatic N) is 2. The Bertz CT molecular complexity index is 743. The highest BCUT2D eigenvalue weighted by atomic mass is 16.4. The predicted molar refractivity (Wildman–Crippen MR) is 88.0 cm³/mol. The van der Waals surface area contributed by atoms with Crippen molar-refractivity contribution in [3.63, 3.8) is 0 Å². The summed E-state index contributed by atoms with van der Waals surface area (Å²) in [6, 6.07) is 5.13. The van der Waals surface area contributed by atoms with Crippen LogP contribution in [0.25, 0.3) is 10.9 Å². The summed E-state index contributed by atoms with van der Waals surface area (Å²) in [5.41, 5.74) is 6.39. The third-order valence-corrected chi connectivity index (χ3v) is 5.01. The van der Waals surface area contributed by atoms with E-state index in [-0.39, 0.29) is 6.42 Å². The van der Waals surface area contributed by atoms with E-state index < -0.39 is 5.97 Å². The second-order valence-electron chi connectivity index (χ2n) is 6.65. The molecule has 4 nitrogen and oxygen atoms in total. The Morgan fingerprint density at radius 1 is 1.27 bits per heavy atom. The summed E-state index contributed by atoms with van der Waals surface area (Å²) in [6.45, 7) is 8.55. The first-order chi connectivity index (χ1) is 10.4. The van der Waals surface area contributed by atoms with Gasteiger partial charge >= 0.3 is 5.97 Å². The average Bonchev–Trinajstić information content (AvgIpc) is 2.96. The molecule has 1 aliphatic rings. The van der Waals surface area contributed by atoms with Gasteiger partial charge in [-0.05, 0) is 56.0 Å². The molecule has 1 aliphatic heterocycles. The van der Waals surface area contributed by atoms with Crippen LogP contribution in [-0.2, 0) is 31.4 Å². The van der Waals surface area contributed by atoms with E-state index in [4.69, 9.17) is 5.11 Å². The van der Waals surface area contributed by atoms with Crippen LogP contribution in [0, 0.1) is 6.92 Å². The third-order valence-electron chi connectivity index (χ3n) is 5.01. The van der Waals surface area contributed by atoms with Crippen LogP contribution >= 0.6 is 0 Å². The Morgan fingerprint density at radius 2 is 1.91 bits per heavy atom. The molecular weight excluding hydrogens is 276 g/mol. The van der Waals surface area contributed by atoms with Crippen LogP contribution < -0.4 is 0 Å².